The predicted octanol–water partition coefficient (Wildman–Crippen LogP) is 1.00. The fourth-order valence-corrected chi connectivity index (χ4v) is 4.54. The topological polar surface area (TPSA) is 117 Å². The number of carbonyl (C=O) groups is 1. The van der Waals surface area contributed by atoms with Gasteiger partial charge in [0.1, 0.15) is 6.04 Å². The van der Waals surface area contributed by atoms with Crippen molar-refractivity contribution in [3.05, 3.63) is 47.3 Å². The molecule has 0 aliphatic carbocycles. The van der Waals surface area contributed by atoms with Gasteiger partial charge in [0.2, 0.25) is 5.91 Å². The van der Waals surface area contributed by atoms with Crippen LogP contribution in [0.1, 0.15) is 42.3 Å². The summed E-state index contributed by atoms with van der Waals surface area (Å²) in [6.45, 7) is 3.49. The first kappa shape index (κ1) is 20.5. The van der Waals surface area contributed by atoms with Crippen LogP contribution in [0.4, 0.5) is 5.69 Å². The van der Waals surface area contributed by atoms with Crippen LogP contribution in [0.3, 0.4) is 0 Å². The van der Waals surface area contributed by atoms with Crippen LogP contribution in [0.2, 0.25) is 0 Å². The molecule has 3 rings (SSSR count). The Morgan fingerprint density at radius 3 is 2.71 bits per heavy atom. The Kier molecular flexibility index (Phi) is 5.57. The molecular weight excluding hydrogens is 382 g/mol. The Morgan fingerprint density at radius 1 is 1.39 bits per heavy atom. The second-order valence-corrected chi connectivity index (χ2v) is 8.80. The summed E-state index contributed by atoms with van der Waals surface area (Å²) in [6, 6.07) is 5.41. The lowest BCUT2D eigenvalue weighted by Gasteiger charge is -2.36. The van der Waals surface area contributed by atoms with Crippen LogP contribution in [0, 0.1) is 6.92 Å². The Bertz CT molecular complexity index is 986. The molecular formula is C18H25N5O4S. The number of aliphatic hydroxyl groups excluding tert-OH is 1. The average molecular weight is 407 g/mol. The predicted molar refractivity (Wildman–Crippen MR) is 105 cm³/mol. The minimum atomic E-state index is -3.83. The van der Waals surface area contributed by atoms with Crippen LogP contribution in [0.15, 0.2) is 30.5 Å². The van der Waals surface area contributed by atoms with Crippen molar-refractivity contribution in [3.63, 3.8) is 0 Å². The minimum absolute atomic E-state index is 0.268. The molecule has 28 heavy (non-hydrogen) atoms. The fourth-order valence-electron chi connectivity index (χ4n) is 3.27. The van der Waals surface area contributed by atoms with Gasteiger partial charge in [0, 0.05) is 31.0 Å². The lowest BCUT2D eigenvalue weighted by molar-refractivity contribution is -0.120. The molecule has 0 unspecified atom stereocenters. The third kappa shape index (κ3) is 3.95. The molecule has 3 N–H and O–H groups in total. The second-order valence-electron chi connectivity index (χ2n) is 7.04. The molecule has 0 spiro atoms. The van der Waals surface area contributed by atoms with Gasteiger partial charge in [0.15, 0.2) is 0 Å². The molecule has 1 aliphatic heterocycles. The number of aromatic nitrogens is 2. The van der Waals surface area contributed by atoms with Gasteiger partial charge in [0.25, 0.3) is 10.2 Å². The van der Waals surface area contributed by atoms with Crippen molar-refractivity contribution in [3.8, 4) is 0 Å². The van der Waals surface area contributed by atoms with E-state index < -0.39 is 34.3 Å². The molecule has 0 saturated carbocycles. The maximum atomic E-state index is 12.9. The number of aryl methyl sites for hydroxylation is 1. The van der Waals surface area contributed by atoms with Crippen LogP contribution < -0.4 is 10.0 Å². The van der Waals surface area contributed by atoms with E-state index in [0.717, 1.165) is 15.6 Å². The van der Waals surface area contributed by atoms with E-state index in [1.807, 2.05) is 6.92 Å². The number of likely N-dealkylation sites (N-methyl/N-ethyl adjacent to an activating group) is 1. The van der Waals surface area contributed by atoms with E-state index >= 15 is 0 Å². The summed E-state index contributed by atoms with van der Waals surface area (Å²) in [4.78, 5) is 12.9. The van der Waals surface area contributed by atoms with E-state index in [1.54, 1.807) is 49.1 Å². The number of hydrogen-bond acceptors (Lipinski definition) is 5. The van der Waals surface area contributed by atoms with Gasteiger partial charge in [-0.15, -0.1) is 0 Å². The number of amides is 1. The van der Waals surface area contributed by atoms with Crippen LogP contribution in [-0.4, -0.2) is 46.6 Å². The number of anilines is 1. The van der Waals surface area contributed by atoms with Crippen molar-refractivity contribution in [2.75, 3.05) is 12.4 Å². The Hall–Kier alpha value is -2.27. The molecule has 152 valence electrons. The zero-order valence-electron chi connectivity index (χ0n) is 16.2. The molecule has 10 heteroatoms. The number of nitrogens with zero attached hydrogens (tertiary/aromatic N) is 3. The van der Waals surface area contributed by atoms with Gasteiger partial charge in [-0.1, -0.05) is 12.1 Å². The van der Waals surface area contributed by atoms with Gasteiger partial charge in [-0.2, -0.15) is 22.5 Å². The van der Waals surface area contributed by atoms with E-state index in [9.17, 15) is 18.3 Å². The van der Waals surface area contributed by atoms with Gasteiger partial charge in [-0.05, 0) is 38.0 Å². The minimum Gasteiger partial charge on any atom is -0.389 e. The number of hydrogen-bond donors (Lipinski definition) is 3. The zero-order valence-corrected chi connectivity index (χ0v) is 17.1. The highest BCUT2D eigenvalue weighted by molar-refractivity contribution is 7.87. The molecule has 1 saturated heterocycles. The van der Waals surface area contributed by atoms with Gasteiger partial charge in [-0.3, -0.25) is 9.48 Å². The first-order valence-corrected chi connectivity index (χ1v) is 10.4. The fraction of sp³-hybridized carbons (Fsp3) is 0.444. The van der Waals surface area contributed by atoms with Crippen LogP contribution >= 0.6 is 0 Å². The lowest BCUT2D eigenvalue weighted by Crippen LogP contribution is -2.56. The third-order valence-electron chi connectivity index (χ3n) is 5.16. The number of nitrogens with one attached hydrogen (secondary N) is 2. The number of rotatable bonds is 4. The molecule has 0 radical (unpaired) electrons. The van der Waals surface area contributed by atoms with Gasteiger partial charge < -0.3 is 10.4 Å². The largest absolute Gasteiger partial charge is 0.389 e. The molecule has 0 bridgehead atoms. The SMILES string of the molecule is Cc1c([C@@H]2C[C@@H](C(=O)Nc3cccc([C@H](C)O)c3)N(C)S(=O)(=O)N2)cnn1C. The van der Waals surface area contributed by atoms with Gasteiger partial charge in [-0.25, -0.2) is 0 Å². The van der Waals surface area contributed by atoms with Crippen molar-refractivity contribution >= 4 is 21.8 Å². The number of benzene rings is 1. The molecule has 2 heterocycles. The second kappa shape index (κ2) is 7.63. The molecule has 1 aromatic carbocycles. The van der Waals surface area contributed by atoms with E-state index in [1.165, 1.54) is 7.05 Å². The maximum Gasteiger partial charge on any atom is 0.280 e. The van der Waals surface area contributed by atoms with Crippen LogP contribution in [0.5, 0.6) is 0 Å². The summed E-state index contributed by atoms with van der Waals surface area (Å²) >= 11 is 0. The molecule has 9 nitrogen and oxygen atoms in total. The third-order valence-corrected chi connectivity index (χ3v) is 6.75. The van der Waals surface area contributed by atoms with Crippen molar-refractivity contribution in [1.29, 1.82) is 0 Å². The van der Waals surface area contributed by atoms with E-state index in [2.05, 4.69) is 15.1 Å². The highest BCUT2D eigenvalue weighted by Crippen LogP contribution is 2.30. The quantitative estimate of drug-likeness (QED) is 0.699. The Labute approximate surface area is 164 Å². The van der Waals surface area contributed by atoms with Crippen molar-refractivity contribution in [2.24, 2.45) is 7.05 Å². The molecule has 1 aromatic heterocycles. The van der Waals surface area contributed by atoms with Crippen molar-refractivity contribution in [1.82, 2.24) is 18.8 Å². The number of carbonyl (C=O) groups excluding carboxylic acids is 1. The van der Waals surface area contributed by atoms with Crippen LogP contribution in [0.25, 0.3) is 0 Å². The standard InChI is InChI=1S/C18H25N5O4S/c1-11-15(10-19-22(11)3)16-9-17(23(4)28(26,27)21-16)18(25)20-14-7-5-6-13(8-14)12(2)24/h5-8,10,12,16-17,21,24H,9H2,1-4H3,(H,20,25)/t12-,16-,17-/m0/s1. The van der Waals surface area contributed by atoms with Crippen molar-refractivity contribution in [2.45, 2.75) is 38.5 Å². The van der Waals surface area contributed by atoms with Crippen LogP contribution in [-0.2, 0) is 22.1 Å². The first-order chi connectivity index (χ1) is 13.1. The molecule has 3 atom stereocenters. The highest BCUT2D eigenvalue weighted by atomic mass is 32.2. The number of aliphatic hydroxyl groups is 1. The summed E-state index contributed by atoms with van der Waals surface area (Å²) in [5.74, 6) is -0.429. The molecule has 1 fully saturated rings. The normalized spacial score (nSPS) is 23.3. The summed E-state index contributed by atoms with van der Waals surface area (Å²) in [6.07, 6.45) is 1.22. The zero-order chi connectivity index (χ0) is 20.6. The van der Waals surface area contributed by atoms with Gasteiger partial charge >= 0.3 is 0 Å². The Balaban J connectivity index is 1.85. The maximum absolute atomic E-state index is 12.9. The highest BCUT2D eigenvalue weighted by Gasteiger charge is 2.41. The smallest absolute Gasteiger partial charge is 0.280 e. The first-order valence-electron chi connectivity index (χ1n) is 8.93. The van der Waals surface area contributed by atoms with E-state index in [-0.39, 0.29) is 6.42 Å². The molecule has 1 aliphatic rings. The summed E-state index contributed by atoms with van der Waals surface area (Å²) in [5, 5.41) is 16.6. The summed E-state index contributed by atoms with van der Waals surface area (Å²) in [7, 11) is -0.669. The van der Waals surface area contributed by atoms with Crippen molar-refractivity contribution < 1.29 is 18.3 Å². The van der Waals surface area contributed by atoms with Gasteiger partial charge in [0.05, 0.1) is 18.3 Å². The summed E-state index contributed by atoms with van der Waals surface area (Å²) in [5.41, 5.74) is 2.74. The average Bonchev–Trinajstić information content (AvgIpc) is 2.96. The van der Waals surface area contributed by atoms with E-state index in [4.69, 9.17) is 0 Å². The Morgan fingerprint density at radius 2 is 2.11 bits per heavy atom. The molecule has 2 aromatic rings. The monoisotopic (exact) mass is 407 g/mol. The lowest BCUT2D eigenvalue weighted by atomic mass is 10.00. The molecule has 1 amide bonds. The van der Waals surface area contributed by atoms with E-state index in [0.29, 0.717) is 11.3 Å². The summed E-state index contributed by atoms with van der Waals surface area (Å²) < 4.78 is 30.5.